The summed E-state index contributed by atoms with van der Waals surface area (Å²) in [5.74, 6) is 0.602. The minimum Gasteiger partial charge on any atom is -0.367 e. The standard InChI is InChI=1S/C11H27NO7P2/c1-10(2)6-4-5-8-12(3)9-7-11(13,20(14,15)16)21(17,18)19/h10,13H,4-9H2,1-3H3,(H2,14,15,16)(H2,17,18,19). The summed E-state index contributed by atoms with van der Waals surface area (Å²) in [5.41, 5.74) is 0. The Kier molecular flexibility index (Phi) is 8.26. The molecule has 0 aliphatic rings. The fourth-order valence-corrected chi connectivity index (χ4v) is 3.99. The highest BCUT2D eigenvalue weighted by molar-refractivity contribution is 7.72. The van der Waals surface area contributed by atoms with E-state index in [2.05, 4.69) is 13.8 Å². The maximum absolute atomic E-state index is 11.2. The highest BCUT2D eigenvalue weighted by Crippen LogP contribution is 2.68. The topological polar surface area (TPSA) is 139 Å². The van der Waals surface area contributed by atoms with E-state index in [0.717, 1.165) is 19.3 Å². The molecular formula is C11H27NO7P2. The third-order valence-corrected chi connectivity index (χ3v) is 7.21. The summed E-state index contributed by atoms with van der Waals surface area (Å²) in [4.78, 5) is 37.7. The second kappa shape index (κ2) is 8.18. The molecule has 5 N–H and O–H groups in total. The van der Waals surface area contributed by atoms with Crippen molar-refractivity contribution < 1.29 is 33.8 Å². The number of aliphatic hydroxyl groups is 1. The number of nitrogens with zero attached hydrogens (tertiary/aromatic N) is 1. The Balaban J connectivity index is 4.46. The molecule has 0 heterocycles. The third-order valence-electron chi connectivity index (χ3n) is 3.33. The first-order valence-corrected chi connectivity index (χ1v) is 10.1. The minimum atomic E-state index is -5.34. The number of hydrogen-bond acceptors (Lipinski definition) is 4. The van der Waals surface area contributed by atoms with Crippen molar-refractivity contribution in [3.63, 3.8) is 0 Å². The van der Waals surface area contributed by atoms with Crippen molar-refractivity contribution in [1.82, 2.24) is 4.90 Å². The zero-order valence-corrected chi connectivity index (χ0v) is 14.5. The predicted octanol–water partition coefficient (Wildman–Crippen LogP) is 1.14. The van der Waals surface area contributed by atoms with E-state index in [9.17, 15) is 14.2 Å². The molecule has 0 radical (unpaired) electrons. The van der Waals surface area contributed by atoms with E-state index in [1.54, 1.807) is 11.9 Å². The number of hydrogen-bond donors (Lipinski definition) is 5. The van der Waals surface area contributed by atoms with Gasteiger partial charge in [-0.2, -0.15) is 0 Å². The first-order chi connectivity index (χ1) is 9.31. The Morgan fingerprint density at radius 3 is 1.86 bits per heavy atom. The smallest absolute Gasteiger partial charge is 0.367 e. The normalized spacial score (nSPS) is 14.2. The molecule has 0 saturated carbocycles. The summed E-state index contributed by atoms with van der Waals surface area (Å²) in [7, 11) is -9.01. The van der Waals surface area contributed by atoms with Gasteiger partial charge in [-0.05, 0) is 25.9 Å². The van der Waals surface area contributed by atoms with Crippen molar-refractivity contribution in [2.45, 2.75) is 44.6 Å². The average molecular weight is 347 g/mol. The average Bonchev–Trinajstić information content (AvgIpc) is 2.28. The van der Waals surface area contributed by atoms with Crippen molar-refractivity contribution in [1.29, 1.82) is 0 Å². The van der Waals surface area contributed by atoms with E-state index in [1.165, 1.54) is 0 Å². The van der Waals surface area contributed by atoms with Gasteiger partial charge in [0.25, 0.3) is 5.08 Å². The summed E-state index contributed by atoms with van der Waals surface area (Å²) in [6.45, 7) is 4.84. The molecule has 0 bridgehead atoms. The van der Waals surface area contributed by atoms with Gasteiger partial charge in [0.05, 0.1) is 0 Å². The van der Waals surface area contributed by atoms with Crippen LogP contribution >= 0.6 is 15.2 Å². The van der Waals surface area contributed by atoms with E-state index in [0.29, 0.717) is 12.5 Å². The molecule has 8 nitrogen and oxygen atoms in total. The summed E-state index contributed by atoms with van der Waals surface area (Å²) in [6.07, 6.45) is 2.26. The molecule has 0 aliphatic heterocycles. The molecule has 0 aromatic rings. The number of unbranched alkanes of at least 4 members (excludes halogenated alkanes) is 1. The fourth-order valence-electron chi connectivity index (χ4n) is 1.85. The van der Waals surface area contributed by atoms with Crippen LogP contribution in [0.5, 0.6) is 0 Å². The van der Waals surface area contributed by atoms with E-state index in [1.807, 2.05) is 0 Å². The maximum Gasteiger partial charge on any atom is 0.369 e. The van der Waals surface area contributed by atoms with Crippen molar-refractivity contribution >= 4 is 15.2 Å². The van der Waals surface area contributed by atoms with Crippen molar-refractivity contribution in [3.05, 3.63) is 0 Å². The molecule has 0 aromatic carbocycles. The van der Waals surface area contributed by atoms with Gasteiger partial charge in [0.15, 0.2) is 0 Å². The highest BCUT2D eigenvalue weighted by Gasteiger charge is 2.58. The van der Waals surface area contributed by atoms with Gasteiger partial charge >= 0.3 is 15.2 Å². The van der Waals surface area contributed by atoms with Crippen molar-refractivity contribution in [2.24, 2.45) is 5.92 Å². The van der Waals surface area contributed by atoms with Gasteiger partial charge in [-0.15, -0.1) is 0 Å². The first-order valence-electron chi connectivity index (χ1n) is 6.83. The van der Waals surface area contributed by atoms with Crippen LogP contribution in [-0.4, -0.2) is 54.8 Å². The number of rotatable bonds is 10. The molecule has 21 heavy (non-hydrogen) atoms. The summed E-state index contributed by atoms with van der Waals surface area (Å²) in [6, 6.07) is 0. The molecular weight excluding hydrogens is 320 g/mol. The molecule has 0 spiro atoms. The Hall–Kier alpha value is 0.220. The van der Waals surface area contributed by atoms with Gasteiger partial charge in [0.2, 0.25) is 0 Å². The minimum absolute atomic E-state index is 0.0194. The monoisotopic (exact) mass is 347 g/mol. The van der Waals surface area contributed by atoms with Crippen LogP contribution in [0.4, 0.5) is 0 Å². The Bertz CT molecular complexity index is 381. The van der Waals surface area contributed by atoms with Crippen LogP contribution in [0.15, 0.2) is 0 Å². The van der Waals surface area contributed by atoms with Gasteiger partial charge < -0.3 is 29.6 Å². The van der Waals surface area contributed by atoms with Gasteiger partial charge in [-0.25, -0.2) is 0 Å². The van der Waals surface area contributed by atoms with Crippen LogP contribution in [0.25, 0.3) is 0 Å². The Labute approximate surface area is 125 Å². The van der Waals surface area contributed by atoms with E-state index >= 15 is 0 Å². The molecule has 0 unspecified atom stereocenters. The van der Waals surface area contributed by atoms with E-state index < -0.39 is 26.7 Å². The first kappa shape index (κ1) is 21.2. The Morgan fingerprint density at radius 2 is 1.48 bits per heavy atom. The van der Waals surface area contributed by atoms with Gasteiger partial charge in [0.1, 0.15) is 0 Å². The van der Waals surface area contributed by atoms with Gasteiger partial charge in [-0.1, -0.05) is 26.7 Å². The second-order valence-corrected chi connectivity index (χ2v) is 9.81. The lowest BCUT2D eigenvalue weighted by Crippen LogP contribution is -2.34. The Morgan fingerprint density at radius 1 is 1.00 bits per heavy atom. The molecule has 0 amide bonds. The molecule has 0 fully saturated rings. The van der Waals surface area contributed by atoms with Crippen LogP contribution < -0.4 is 0 Å². The van der Waals surface area contributed by atoms with Crippen LogP contribution in [0.3, 0.4) is 0 Å². The molecule has 128 valence electrons. The van der Waals surface area contributed by atoms with Gasteiger partial charge in [-0.3, -0.25) is 9.13 Å². The SMILES string of the molecule is CC(C)CCCCN(C)CCC(O)(P(=O)(O)O)P(=O)(O)O. The van der Waals surface area contributed by atoms with Crippen LogP contribution in [-0.2, 0) is 9.13 Å². The third kappa shape index (κ3) is 6.89. The zero-order chi connectivity index (χ0) is 16.9. The highest BCUT2D eigenvalue weighted by atomic mass is 31.2. The molecule has 0 aliphatic carbocycles. The van der Waals surface area contributed by atoms with E-state index in [4.69, 9.17) is 19.6 Å². The molecule has 10 heteroatoms. The summed E-state index contributed by atoms with van der Waals surface area (Å²) in [5, 5.41) is 6.41. The lowest BCUT2D eigenvalue weighted by molar-refractivity contribution is 0.112. The van der Waals surface area contributed by atoms with Crippen LogP contribution in [0, 0.1) is 5.92 Å². The molecule has 0 saturated heterocycles. The van der Waals surface area contributed by atoms with Crippen LogP contribution in [0.1, 0.15) is 39.5 Å². The summed E-state index contributed by atoms with van der Waals surface area (Å²) < 4.78 is 22.4. The zero-order valence-electron chi connectivity index (χ0n) is 12.7. The van der Waals surface area contributed by atoms with E-state index in [-0.39, 0.29) is 6.54 Å². The predicted molar refractivity (Wildman–Crippen MR) is 79.8 cm³/mol. The lowest BCUT2D eigenvalue weighted by atomic mass is 10.1. The molecule has 0 aromatic heterocycles. The van der Waals surface area contributed by atoms with Crippen LogP contribution in [0.2, 0.25) is 0 Å². The lowest BCUT2D eigenvalue weighted by Gasteiger charge is -2.30. The van der Waals surface area contributed by atoms with Crippen molar-refractivity contribution in [3.8, 4) is 0 Å². The fraction of sp³-hybridized carbons (Fsp3) is 1.00. The van der Waals surface area contributed by atoms with Crippen molar-refractivity contribution in [2.75, 3.05) is 20.1 Å². The largest absolute Gasteiger partial charge is 0.369 e. The molecule has 0 atom stereocenters. The van der Waals surface area contributed by atoms with Gasteiger partial charge in [0, 0.05) is 13.0 Å². The second-order valence-electron chi connectivity index (χ2n) is 5.81. The summed E-state index contributed by atoms with van der Waals surface area (Å²) >= 11 is 0. The quantitative estimate of drug-likeness (QED) is 0.293. The molecule has 0 rings (SSSR count). The maximum atomic E-state index is 11.2.